The Balaban J connectivity index is 1.70. The maximum atomic E-state index is 12.9. The molecule has 0 spiro atoms. The number of aryl methyl sites for hydroxylation is 2. The summed E-state index contributed by atoms with van der Waals surface area (Å²) >= 11 is 0. The van der Waals surface area contributed by atoms with Crippen molar-refractivity contribution in [2.24, 2.45) is 0 Å². The molecular formula is C21H20FN3O. The first-order chi connectivity index (χ1) is 12.5. The number of benzene rings is 2. The summed E-state index contributed by atoms with van der Waals surface area (Å²) in [6, 6.07) is 15.6. The Labute approximate surface area is 152 Å². The van der Waals surface area contributed by atoms with Crippen LogP contribution in [0.15, 0.2) is 60.8 Å². The second kappa shape index (κ2) is 7.78. The van der Waals surface area contributed by atoms with Crippen molar-refractivity contribution in [2.45, 2.75) is 20.4 Å². The zero-order valence-corrected chi connectivity index (χ0v) is 14.7. The monoisotopic (exact) mass is 349 g/mol. The van der Waals surface area contributed by atoms with Crippen molar-refractivity contribution in [1.29, 1.82) is 0 Å². The predicted molar refractivity (Wildman–Crippen MR) is 101 cm³/mol. The summed E-state index contributed by atoms with van der Waals surface area (Å²) in [5, 5.41) is 6.15. The zero-order valence-electron chi connectivity index (χ0n) is 14.7. The van der Waals surface area contributed by atoms with Crippen molar-refractivity contribution < 1.29 is 9.18 Å². The molecule has 2 aromatic carbocycles. The number of aromatic nitrogens is 1. The van der Waals surface area contributed by atoms with Crippen LogP contribution in [0.2, 0.25) is 0 Å². The van der Waals surface area contributed by atoms with Gasteiger partial charge in [0.05, 0.1) is 0 Å². The van der Waals surface area contributed by atoms with Crippen molar-refractivity contribution in [3.8, 4) is 0 Å². The van der Waals surface area contributed by atoms with Crippen molar-refractivity contribution in [1.82, 2.24) is 10.3 Å². The minimum Gasteiger partial charge on any atom is -0.355 e. The Kier molecular flexibility index (Phi) is 5.27. The van der Waals surface area contributed by atoms with Gasteiger partial charge in [0.2, 0.25) is 0 Å². The van der Waals surface area contributed by atoms with Crippen LogP contribution in [-0.4, -0.2) is 10.9 Å². The van der Waals surface area contributed by atoms with E-state index in [2.05, 4.69) is 15.6 Å². The van der Waals surface area contributed by atoms with E-state index in [0.29, 0.717) is 12.2 Å². The van der Waals surface area contributed by atoms with E-state index in [1.807, 2.05) is 38.1 Å². The largest absolute Gasteiger partial charge is 0.355 e. The van der Waals surface area contributed by atoms with Gasteiger partial charge < -0.3 is 10.6 Å². The van der Waals surface area contributed by atoms with Gasteiger partial charge in [-0.2, -0.15) is 0 Å². The summed E-state index contributed by atoms with van der Waals surface area (Å²) in [6.07, 6.45) is 1.60. The number of carbonyl (C=O) groups excluding carboxylic acids is 1. The molecule has 0 unspecified atom stereocenters. The van der Waals surface area contributed by atoms with Gasteiger partial charge in [-0.1, -0.05) is 30.3 Å². The highest BCUT2D eigenvalue weighted by Crippen LogP contribution is 2.24. The number of carbonyl (C=O) groups is 1. The number of nitrogens with zero attached hydrogens (tertiary/aromatic N) is 1. The number of pyridine rings is 1. The summed E-state index contributed by atoms with van der Waals surface area (Å²) < 4.78 is 12.9. The zero-order chi connectivity index (χ0) is 18.5. The SMILES string of the molecule is Cc1cccc(C)c1Nc1ccnc(C(=O)NCc2ccc(F)cc2)c1. The standard InChI is InChI=1S/C21H20FN3O/c1-14-4-3-5-15(2)20(14)25-18-10-11-23-19(12-18)21(26)24-13-16-6-8-17(22)9-7-16/h3-12H,13H2,1-2H3,(H,23,25)(H,24,26). The van der Waals surface area contributed by atoms with E-state index in [1.54, 1.807) is 24.4 Å². The molecule has 0 saturated heterocycles. The molecule has 5 heteroatoms. The molecular weight excluding hydrogens is 329 g/mol. The van der Waals surface area contributed by atoms with Crippen LogP contribution in [0, 0.1) is 19.7 Å². The maximum Gasteiger partial charge on any atom is 0.270 e. The first kappa shape index (κ1) is 17.6. The molecule has 0 fully saturated rings. The fraction of sp³-hybridized carbons (Fsp3) is 0.143. The summed E-state index contributed by atoms with van der Waals surface area (Å²) in [6.45, 7) is 4.38. The number of hydrogen-bond acceptors (Lipinski definition) is 3. The van der Waals surface area contributed by atoms with Gasteiger partial charge in [0.15, 0.2) is 0 Å². The summed E-state index contributed by atoms with van der Waals surface area (Å²) in [4.78, 5) is 16.5. The lowest BCUT2D eigenvalue weighted by Crippen LogP contribution is -2.23. The average molecular weight is 349 g/mol. The van der Waals surface area contributed by atoms with Crippen molar-refractivity contribution in [3.05, 3.63) is 89.0 Å². The van der Waals surface area contributed by atoms with E-state index in [-0.39, 0.29) is 11.7 Å². The summed E-state index contributed by atoms with van der Waals surface area (Å²) in [5.41, 5.74) is 5.22. The molecule has 0 bridgehead atoms. The Morgan fingerprint density at radius 2 is 1.73 bits per heavy atom. The van der Waals surface area contributed by atoms with Crippen molar-refractivity contribution in [3.63, 3.8) is 0 Å². The van der Waals surface area contributed by atoms with Gasteiger partial charge in [-0.25, -0.2) is 4.39 Å². The molecule has 1 heterocycles. The minimum absolute atomic E-state index is 0.278. The molecule has 0 aliphatic heterocycles. The molecule has 0 aliphatic rings. The predicted octanol–water partition coefficient (Wildman–Crippen LogP) is 4.51. The average Bonchev–Trinajstić information content (AvgIpc) is 2.64. The van der Waals surface area contributed by atoms with Crippen LogP contribution in [0.5, 0.6) is 0 Å². The van der Waals surface area contributed by atoms with Gasteiger partial charge in [-0.15, -0.1) is 0 Å². The molecule has 0 radical (unpaired) electrons. The van der Waals surface area contributed by atoms with E-state index < -0.39 is 0 Å². The third-order valence-electron chi connectivity index (χ3n) is 4.11. The van der Waals surface area contributed by atoms with E-state index in [9.17, 15) is 9.18 Å². The first-order valence-electron chi connectivity index (χ1n) is 8.35. The fourth-order valence-corrected chi connectivity index (χ4v) is 2.66. The van der Waals surface area contributed by atoms with E-state index in [0.717, 1.165) is 28.1 Å². The Bertz CT molecular complexity index is 903. The molecule has 1 amide bonds. The lowest BCUT2D eigenvalue weighted by Gasteiger charge is -2.13. The van der Waals surface area contributed by atoms with Crippen LogP contribution in [0.25, 0.3) is 0 Å². The normalized spacial score (nSPS) is 10.4. The topological polar surface area (TPSA) is 54.0 Å². The molecule has 26 heavy (non-hydrogen) atoms. The third kappa shape index (κ3) is 4.25. The van der Waals surface area contributed by atoms with Crippen molar-refractivity contribution >= 4 is 17.3 Å². The van der Waals surface area contributed by atoms with Gasteiger partial charge in [-0.3, -0.25) is 9.78 Å². The smallest absolute Gasteiger partial charge is 0.270 e. The maximum absolute atomic E-state index is 12.9. The number of halogens is 1. The number of rotatable bonds is 5. The van der Waals surface area contributed by atoms with Gasteiger partial charge in [-0.05, 0) is 54.8 Å². The molecule has 3 rings (SSSR count). The Hall–Kier alpha value is -3.21. The molecule has 3 aromatic rings. The Morgan fingerprint density at radius 1 is 1.04 bits per heavy atom. The van der Waals surface area contributed by atoms with E-state index in [1.165, 1.54) is 12.1 Å². The lowest BCUT2D eigenvalue weighted by atomic mass is 10.1. The molecule has 0 atom stereocenters. The van der Waals surface area contributed by atoms with E-state index in [4.69, 9.17) is 0 Å². The van der Waals surface area contributed by atoms with Gasteiger partial charge in [0.1, 0.15) is 11.5 Å². The number of nitrogens with one attached hydrogen (secondary N) is 2. The van der Waals surface area contributed by atoms with Crippen LogP contribution in [0.4, 0.5) is 15.8 Å². The fourth-order valence-electron chi connectivity index (χ4n) is 2.66. The highest BCUT2D eigenvalue weighted by molar-refractivity contribution is 5.93. The highest BCUT2D eigenvalue weighted by Gasteiger charge is 2.09. The molecule has 2 N–H and O–H groups in total. The molecule has 132 valence electrons. The molecule has 1 aromatic heterocycles. The van der Waals surface area contributed by atoms with Gasteiger partial charge in [0.25, 0.3) is 5.91 Å². The highest BCUT2D eigenvalue weighted by atomic mass is 19.1. The van der Waals surface area contributed by atoms with Crippen LogP contribution >= 0.6 is 0 Å². The minimum atomic E-state index is -0.299. The number of hydrogen-bond donors (Lipinski definition) is 2. The van der Waals surface area contributed by atoms with Gasteiger partial charge in [0, 0.05) is 24.1 Å². The summed E-state index contributed by atoms with van der Waals surface area (Å²) in [7, 11) is 0. The Morgan fingerprint density at radius 3 is 2.42 bits per heavy atom. The summed E-state index contributed by atoms with van der Waals surface area (Å²) in [5.74, 6) is -0.577. The van der Waals surface area contributed by atoms with Crippen LogP contribution in [0.1, 0.15) is 27.2 Å². The number of para-hydroxylation sites is 1. The second-order valence-electron chi connectivity index (χ2n) is 6.13. The van der Waals surface area contributed by atoms with Crippen LogP contribution in [-0.2, 0) is 6.54 Å². The van der Waals surface area contributed by atoms with Gasteiger partial charge >= 0.3 is 0 Å². The number of amides is 1. The number of anilines is 2. The van der Waals surface area contributed by atoms with Crippen LogP contribution < -0.4 is 10.6 Å². The third-order valence-corrected chi connectivity index (χ3v) is 4.11. The lowest BCUT2D eigenvalue weighted by molar-refractivity contribution is 0.0946. The molecule has 4 nitrogen and oxygen atoms in total. The first-order valence-corrected chi connectivity index (χ1v) is 8.35. The molecule has 0 aliphatic carbocycles. The quantitative estimate of drug-likeness (QED) is 0.712. The van der Waals surface area contributed by atoms with Crippen LogP contribution in [0.3, 0.4) is 0 Å². The molecule has 0 saturated carbocycles. The van der Waals surface area contributed by atoms with Crippen molar-refractivity contribution in [2.75, 3.05) is 5.32 Å². The second-order valence-corrected chi connectivity index (χ2v) is 6.13. The van der Waals surface area contributed by atoms with E-state index >= 15 is 0 Å².